The zero-order valence-corrected chi connectivity index (χ0v) is 16.7. The van der Waals surface area contributed by atoms with Gasteiger partial charge in [-0.3, -0.25) is 14.7 Å². The van der Waals surface area contributed by atoms with E-state index < -0.39 is 22.9 Å². The summed E-state index contributed by atoms with van der Waals surface area (Å²) < 4.78 is 53.1. The Morgan fingerprint density at radius 3 is 2.50 bits per heavy atom. The van der Waals surface area contributed by atoms with E-state index in [-0.39, 0.29) is 29.8 Å². The zero-order chi connectivity index (χ0) is 22.3. The van der Waals surface area contributed by atoms with Gasteiger partial charge in [-0.1, -0.05) is 36.4 Å². The van der Waals surface area contributed by atoms with Gasteiger partial charge in [-0.05, 0) is 29.8 Å². The molecule has 0 spiro atoms. The summed E-state index contributed by atoms with van der Waals surface area (Å²) in [7, 11) is 0. The van der Waals surface area contributed by atoms with Crippen LogP contribution in [-0.4, -0.2) is 16.6 Å². The lowest BCUT2D eigenvalue weighted by molar-refractivity contribution is -0.152. The third-order valence-electron chi connectivity index (χ3n) is 5.34. The first-order valence-electron chi connectivity index (χ1n) is 9.92. The van der Waals surface area contributed by atoms with Crippen molar-refractivity contribution in [2.24, 2.45) is 0 Å². The van der Waals surface area contributed by atoms with E-state index in [0.717, 1.165) is 5.69 Å². The molecular formula is C24H17F3N2O3. The Morgan fingerprint density at radius 2 is 1.78 bits per heavy atom. The smallest absolute Gasteiger partial charge is 0.450 e. The van der Waals surface area contributed by atoms with Crippen LogP contribution >= 0.6 is 0 Å². The van der Waals surface area contributed by atoms with Crippen LogP contribution in [0.5, 0.6) is 5.75 Å². The Hall–Kier alpha value is -3.65. The van der Waals surface area contributed by atoms with Crippen molar-refractivity contribution in [3.63, 3.8) is 0 Å². The second-order valence-electron chi connectivity index (χ2n) is 7.50. The molecule has 162 valence electrons. The summed E-state index contributed by atoms with van der Waals surface area (Å²) in [6.07, 6.45) is -3.17. The minimum Gasteiger partial charge on any atom is -0.478 e. The topological polar surface area (TPSA) is 55.6 Å². The van der Waals surface area contributed by atoms with Gasteiger partial charge < -0.3 is 9.15 Å². The van der Waals surface area contributed by atoms with Gasteiger partial charge in [-0.25, -0.2) is 0 Å². The predicted molar refractivity (Wildman–Crippen MR) is 112 cm³/mol. The number of hydrogen-bond donors (Lipinski definition) is 0. The first-order chi connectivity index (χ1) is 15.4. The number of aromatic nitrogens is 1. The van der Waals surface area contributed by atoms with Crippen molar-refractivity contribution in [3.05, 3.63) is 94.1 Å². The third-order valence-corrected chi connectivity index (χ3v) is 5.34. The number of hydrogen-bond acceptors (Lipinski definition) is 5. The molecule has 0 aliphatic carbocycles. The maximum absolute atomic E-state index is 14.0. The van der Waals surface area contributed by atoms with Gasteiger partial charge >= 0.3 is 6.18 Å². The van der Waals surface area contributed by atoms with Crippen LogP contribution in [0.15, 0.2) is 76.1 Å². The van der Waals surface area contributed by atoms with Crippen LogP contribution in [-0.2, 0) is 19.3 Å². The fraction of sp³-hybridized carbons (Fsp3) is 0.167. The quantitative estimate of drug-likeness (QED) is 0.439. The van der Waals surface area contributed by atoms with Crippen molar-refractivity contribution in [1.29, 1.82) is 0 Å². The monoisotopic (exact) mass is 438 g/mol. The van der Waals surface area contributed by atoms with E-state index in [1.54, 1.807) is 36.5 Å². The number of fused-ring (bicyclic) bond motifs is 3. The van der Waals surface area contributed by atoms with Crippen molar-refractivity contribution in [1.82, 2.24) is 9.88 Å². The van der Waals surface area contributed by atoms with E-state index in [0.29, 0.717) is 17.9 Å². The van der Waals surface area contributed by atoms with E-state index in [4.69, 9.17) is 9.15 Å². The van der Waals surface area contributed by atoms with Crippen molar-refractivity contribution in [2.45, 2.75) is 19.3 Å². The number of pyridine rings is 1. The molecule has 32 heavy (non-hydrogen) atoms. The standard InChI is InChI=1S/C24H17F3N2O3/c25-24(26,27)23-20(15-6-2-1-3-7-15)21(30)17-9-10-19-18(22(17)32-23)13-29(14-31-19)12-16-8-4-5-11-28-16/h1-11H,12-14H2. The summed E-state index contributed by atoms with van der Waals surface area (Å²) >= 11 is 0. The van der Waals surface area contributed by atoms with E-state index in [1.807, 2.05) is 17.0 Å². The second-order valence-corrected chi connectivity index (χ2v) is 7.50. The fourth-order valence-corrected chi connectivity index (χ4v) is 3.90. The number of benzene rings is 2. The van der Waals surface area contributed by atoms with Gasteiger partial charge in [0.2, 0.25) is 11.2 Å². The molecule has 0 bridgehead atoms. The summed E-state index contributed by atoms with van der Waals surface area (Å²) in [5.74, 6) is -0.907. The molecule has 0 amide bonds. The Morgan fingerprint density at radius 1 is 1.00 bits per heavy atom. The molecule has 5 rings (SSSR count). The minimum atomic E-state index is -4.84. The first kappa shape index (κ1) is 20.3. The predicted octanol–water partition coefficient (Wildman–Crippen LogP) is 5.23. The maximum Gasteiger partial charge on any atom is 0.450 e. The Bertz CT molecular complexity index is 1340. The van der Waals surface area contributed by atoms with Gasteiger partial charge in [-0.15, -0.1) is 0 Å². The lowest BCUT2D eigenvalue weighted by atomic mass is 10.00. The molecule has 4 aromatic rings. The van der Waals surface area contributed by atoms with Gasteiger partial charge in [0.25, 0.3) is 0 Å². The normalized spacial score (nSPS) is 14.2. The molecule has 1 aliphatic rings. The number of rotatable bonds is 3. The van der Waals surface area contributed by atoms with Crippen LogP contribution in [0.2, 0.25) is 0 Å². The molecule has 8 heteroatoms. The van der Waals surface area contributed by atoms with E-state index >= 15 is 0 Å². The summed E-state index contributed by atoms with van der Waals surface area (Å²) in [5.41, 5.74) is 0.0315. The van der Waals surface area contributed by atoms with Gasteiger partial charge in [0, 0.05) is 19.3 Å². The molecule has 0 saturated heterocycles. The number of halogens is 3. The minimum absolute atomic E-state index is 0.0823. The molecule has 0 N–H and O–H groups in total. The van der Waals surface area contributed by atoms with Crippen molar-refractivity contribution in [3.8, 4) is 16.9 Å². The Labute approximate surface area is 180 Å². The Balaban J connectivity index is 1.66. The van der Waals surface area contributed by atoms with Crippen LogP contribution in [0, 0.1) is 0 Å². The number of ether oxygens (including phenoxy) is 1. The molecular weight excluding hydrogens is 421 g/mol. The lowest BCUT2D eigenvalue weighted by Gasteiger charge is -2.29. The van der Waals surface area contributed by atoms with Crippen LogP contribution in [0.1, 0.15) is 17.0 Å². The zero-order valence-electron chi connectivity index (χ0n) is 16.7. The van der Waals surface area contributed by atoms with Gasteiger partial charge in [0.1, 0.15) is 18.1 Å². The fourth-order valence-electron chi connectivity index (χ4n) is 3.90. The molecule has 0 unspecified atom stereocenters. The van der Waals surface area contributed by atoms with Crippen LogP contribution in [0.25, 0.3) is 22.1 Å². The molecule has 2 aromatic carbocycles. The molecule has 0 fully saturated rings. The largest absolute Gasteiger partial charge is 0.478 e. The molecule has 0 saturated carbocycles. The molecule has 0 radical (unpaired) electrons. The van der Waals surface area contributed by atoms with Crippen LogP contribution in [0.3, 0.4) is 0 Å². The Kier molecular flexibility index (Phi) is 4.94. The number of nitrogens with zero attached hydrogens (tertiary/aromatic N) is 2. The number of alkyl halides is 3. The highest BCUT2D eigenvalue weighted by molar-refractivity contribution is 5.87. The molecule has 3 heterocycles. The molecule has 0 atom stereocenters. The lowest BCUT2D eigenvalue weighted by Crippen LogP contribution is -2.32. The van der Waals surface area contributed by atoms with Gasteiger partial charge in [-0.2, -0.15) is 13.2 Å². The van der Waals surface area contributed by atoms with Crippen molar-refractivity contribution >= 4 is 11.0 Å². The second kappa shape index (κ2) is 7.80. The average molecular weight is 438 g/mol. The molecule has 5 nitrogen and oxygen atoms in total. The summed E-state index contributed by atoms with van der Waals surface area (Å²) in [6.45, 7) is 0.941. The SMILES string of the molecule is O=c1c(-c2ccccc2)c(C(F)(F)F)oc2c3c(ccc12)OCN(Cc1ccccn1)C3. The van der Waals surface area contributed by atoms with Crippen molar-refractivity contribution < 1.29 is 22.3 Å². The van der Waals surface area contributed by atoms with Gasteiger partial charge in [0.05, 0.1) is 22.2 Å². The summed E-state index contributed by atoms with van der Waals surface area (Å²) in [4.78, 5) is 19.4. The average Bonchev–Trinajstić information content (AvgIpc) is 2.79. The third kappa shape index (κ3) is 3.62. The highest BCUT2D eigenvalue weighted by Crippen LogP contribution is 2.40. The molecule has 2 aromatic heterocycles. The summed E-state index contributed by atoms with van der Waals surface area (Å²) in [6, 6.07) is 16.3. The van der Waals surface area contributed by atoms with E-state index in [9.17, 15) is 18.0 Å². The van der Waals surface area contributed by atoms with Crippen molar-refractivity contribution in [2.75, 3.05) is 6.73 Å². The van der Waals surface area contributed by atoms with Crippen LogP contribution < -0.4 is 10.2 Å². The van der Waals surface area contributed by atoms with E-state index in [2.05, 4.69) is 4.98 Å². The van der Waals surface area contributed by atoms with Gasteiger partial charge in [0.15, 0.2) is 0 Å². The first-order valence-corrected chi connectivity index (χ1v) is 9.92. The highest BCUT2D eigenvalue weighted by Gasteiger charge is 2.40. The van der Waals surface area contributed by atoms with Crippen LogP contribution in [0.4, 0.5) is 13.2 Å². The van der Waals surface area contributed by atoms with E-state index in [1.165, 1.54) is 18.2 Å². The summed E-state index contributed by atoms with van der Waals surface area (Å²) in [5, 5.41) is 0.0823. The maximum atomic E-state index is 14.0. The highest BCUT2D eigenvalue weighted by atomic mass is 19.4. The molecule has 1 aliphatic heterocycles.